The zero-order valence-electron chi connectivity index (χ0n) is 14.3. The predicted octanol–water partition coefficient (Wildman–Crippen LogP) is 4.91. The van der Waals surface area contributed by atoms with Gasteiger partial charge in [0.15, 0.2) is 11.6 Å². The van der Waals surface area contributed by atoms with E-state index in [-0.39, 0.29) is 18.2 Å². The summed E-state index contributed by atoms with van der Waals surface area (Å²) in [6.07, 6.45) is 4.78. The fourth-order valence-electron chi connectivity index (χ4n) is 3.58. The van der Waals surface area contributed by atoms with Crippen LogP contribution in [-0.4, -0.2) is 28.7 Å². The fraction of sp³-hybridized carbons (Fsp3) is 0.526. The highest BCUT2D eigenvalue weighted by Crippen LogP contribution is 2.38. The van der Waals surface area contributed by atoms with Crippen molar-refractivity contribution in [2.45, 2.75) is 64.1 Å². The van der Waals surface area contributed by atoms with Crippen molar-refractivity contribution in [2.24, 2.45) is 0 Å². The second-order valence-electron chi connectivity index (χ2n) is 7.54. The SMILES string of the molecule is CC(C)(C)OC(=O)N1C2C=C(c3cccc(F)c3F)CC1CCC2. The molecule has 2 aliphatic rings. The Labute approximate surface area is 141 Å². The van der Waals surface area contributed by atoms with Crippen LogP contribution in [0.1, 0.15) is 52.0 Å². The molecule has 2 atom stereocenters. The third kappa shape index (κ3) is 3.30. The Morgan fingerprint density at radius 2 is 2.00 bits per heavy atom. The van der Waals surface area contributed by atoms with E-state index < -0.39 is 17.2 Å². The van der Waals surface area contributed by atoms with Gasteiger partial charge in [0.25, 0.3) is 0 Å². The van der Waals surface area contributed by atoms with Crippen molar-refractivity contribution in [1.82, 2.24) is 4.90 Å². The molecule has 2 unspecified atom stereocenters. The molecule has 0 saturated carbocycles. The molecular weight excluding hydrogens is 312 g/mol. The Hall–Kier alpha value is -1.91. The number of halogens is 2. The molecule has 0 spiro atoms. The smallest absolute Gasteiger partial charge is 0.411 e. The number of piperidine rings is 1. The van der Waals surface area contributed by atoms with Gasteiger partial charge in [-0.05, 0) is 58.1 Å². The second kappa shape index (κ2) is 6.19. The topological polar surface area (TPSA) is 29.5 Å². The highest BCUT2D eigenvalue weighted by atomic mass is 19.2. The quantitative estimate of drug-likeness (QED) is 0.730. The highest BCUT2D eigenvalue weighted by molar-refractivity contribution is 5.75. The van der Waals surface area contributed by atoms with Crippen LogP contribution in [0.15, 0.2) is 24.3 Å². The lowest BCUT2D eigenvalue weighted by atomic mass is 9.83. The molecule has 130 valence electrons. The summed E-state index contributed by atoms with van der Waals surface area (Å²) in [7, 11) is 0. The van der Waals surface area contributed by atoms with E-state index >= 15 is 0 Å². The Balaban J connectivity index is 1.90. The minimum absolute atomic E-state index is 0.0266. The first-order valence-corrected chi connectivity index (χ1v) is 8.42. The molecule has 2 aliphatic heterocycles. The van der Waals surface area contributed by atoms with Gasteiger partial charge in [-0.3, -0.25) is 4.90 Å². The fourth-order valence-corrected chi connectivity index (χ4v) is 3.58. The van der Waals surface area contributed by atoms with Crippen LogP contribution >= 0.6 is 0 Å². The van der Waals surface area contributed by atoms with E-state index in [0.29, 0.717) is 12.0 Å². The number of rotatable bonds is 1. The van der Waals surface area contributed by atoms with Crippen molar-refractivity contribution in [1.29, 1.82) is 0 Å². The molecule has 2 bridgehead atoms. The molecule has 1 saturated heterocycles. The Morgan fingerprint density at radius 1 is 1.25 bits per heavy atom. The van der Waals surface area contributed by atoms with Gasteiger partial charge < -0.3 is 4.74 Å². The van der Waals surface area contributed by atoms with Crippen molar-refractivity contribution < 1.29 is 18.3 Å². The molecule has 5 heteroatoms. The minimum Gasteiger partial charge on any atom is -0.444 e. The zero-order valence-corrected chi connectivity index (χ0v) is 14.3. The molecule has 0 N–H and O–H groups in total. The van der Waals surface area contributed by atoms with Crippen LogP contribution in [0, 0.1) is 11.6 Å². The van der Waals surface area contributed by atoms with Crippen LogP contribution < -0.4 is 0 Å². The first-order chi connectivity index (χ1) is 11.3. The molecule has 1 aromatic carbocycles. The van der Waals surface area contributed by atoms with Gasteiger partial charge in [0.05, 0.1) is 6.04 Å². The van der Waals surface area contributed by atoms with Crippen molar-refractivity contribution >= 4 is 11.7 Å². The number of fused-ring (bicyclic) bond motifs is 2. The summed E-state index contributed by atoms with van der Waals surface area (Å²) in [4.78, 5) is 14.3. The average Bonchev–Trinajstić information content (AvgIpc) is 2.47. The van der Waals surface area contributed by atoms with Gasteiger partial charge >= 0.3 is 6.09 Å². The molecule has 3 rings (SSSR count). The van der Waals surface area contributed by atoms with Crippen LogP contribution in [0.2, 0.25) is 0 Å². The Kier molecular flexibility index (Phi) is 4.37. The van der Waals surface area contributed by atoms with E-state index in [0.717, 1.165) is 30.9 Å². The molecular formula is C19H23F2NO2. The van der Waals surface area contributed by atoms with Gasteiger partial charge in [0, 0.05) is 11.6 Å². The molecule has 0 aromatic heterocycles. The van der Waals surface area contributed by atoms with E-state index in [9.17, 15) is 13.6 Å². The van der Waals surface area contributed by atoms with Crippen LogP contribution in [0.5, 0.6) is 0 Å². The third-order valence-electron chi connectivity index (χ3n) is 4.54. The van der Waals surface area contributed by atoms with Gasteiger partial charge in [-0.2, -0.15) is 0 Å². The van der Waals surface area contributed by atoms with Crippen molar-refractivity contribution in [3.8, 4) is 0 Å². The number of amides is 1. The van der Waals surface area contributed by atoms with E-state index in [4.69, 9.17) is 4.74 Å². The number of hydrogen-bond acceptors (Lipinski definition) is 2. The summed E-state index contributed by atoms with van der Waals surface area (Å²) in [5, 5.41) is 0. The number of ether oxygens (including phenoxy) is 1. The molecule has 3 nitrogen and oxygen atoms in total. The number of nitrogens with zero attached hydrogens (tertiary/aromatic N) is 1. The summed E-state index contributed by atoms with van der Waals surface area (Å²) in [5.41, 5.74) is 0.529. The van der Waals surface area contributed by atoms with E-state index in [1.54, 1.807) is 11.0 Å². The maximum atomic E-state index is 14.1. The lowest BCUT2D eigenvalue weighted by Gasteiger charge is -2.45. The summed E-state index contributed by atoms with van der Waals surface area (Å²) in [6.45, 7) is 5.52. The second-order valence-corrected chi connectivity index (χ2v) is 7.54. The summed E-state index contributed by atoms with van der Waals surface area (Å²) in [6, 6.07) is 4.09. The molecule has 0 aliphatic carbocycles. The van der Waals surface area contributed by atoms with E-state index in [2.05, 4.69) is 0 Å². The van der Waals surface area contributed by atoms with Crippen LogP contribution in [0.3, 0.4) is 0 Å². The van der Waals surface area contributed by atoms with Gasteiger partial charge in [-0.25, -0.2) is 13.6 Å². The Morgan fingerprint density at radius 3 is 2.67 bits per heavy atom. The first-order valence-electron chi connectivity index (χ1n) is 8.42. The van der Waals surface area contributed by atoms with E-state index in [1.807, 2.05) is 26.8 Å². The molecule has 24 heavy (non-hydrogen) atoms. The molecule has 2 heterocycles. The maximum absolute atomic E-state index is 14.1. The number of carbonyl (C=O) groups excluding carboxylic acids is 1. The van der Waals surface area contributed by atoms with Crippen LogP contribution in [0.4, 0.5) is 13.6 Å². The van der Waals surface area contributed by atoms with Gasteiger partial charge in [0.1, 0.15) is 5.60 Å². The molecule has 0 radical (unpaired) electrons. The largest absolute Gasteiger partial charge is 0.444 e. The predicted molar refractivity (Wildman–Crippen MR) is 88.5 cm³/mol. The monoisotopic (exact) mass is 335 g/mol. The van der Waals surface area contributed by atoms with Crippen LogP contribution in [-0.2, 0) is 4.74 Å². The van der Waals surface area contributed by atoms with Crippen molar-refractivity contribution in [3.05, 3.63) is 41.5 Å². The zero-order chi connectivity index (χ0) is 17.5. The Bertz CT molecular complexity index is 678. The lowest BCUT2D eigenvalue weighted by Crippen LogP contribution is -2.53. The van der Waals surface area contributed by atoms with E-state index in [1.165, 1.54) is 6.07 Å². The van der Waals surface area contributed by atoms with Gasteiger partial charge in [-0.1, -0.05) is 18.2 Å². The lowest BCUT2D eigenvalue weighted by molar-refractivity contribution is 0.0000735. The molecule has 1 fully saturated rings. The summed E-state index contributed by atoms with van der Waals surface area (Å²) in [5.74, 6) is -1.65. The van der Waals surface area contributed by atoms with Gasteiger partial charge in [-0.15, -0.1) is 0 Å². The van der Waals surface area contributed by atoms with Crippen molar-refractivity contribution in [2.75, 3.05) is 0 Å². The standard InChI is InChI=1S/C19H23F2NO2/c1-19(2,3)24-18(23)22-13-6-4-7-14(22)11-12(10-13)15-8-5-9-16(20)17(15)21/h5,8-10,13-14H,4,6-7,11H2,1-3H3. The normalized spacial score (nSPS) is 23.7. The average molecular weight is 335 g/mol. The summed E-state index contributed by atoms with van der Waals surface area (Å²) < 4.78 is 33.2. The highest BCUT2D eigenvalue weighted by Gasteiger charge is 2.39. The maximum Gasteiger partial charge on any atom is 0.411 e. The van der Waals surface area contributed by atoms with Crippen molar-refractivity contribution in [3.63, 3.8) is 0 Å². The number of hydrogen-bond donors (Lipinski definition) is 0. The number of benzene rings is 1. The third-order valence-corrected chi connectivity index (χ3v) is 4.54. The molecule has 1 amide bonds. The minimum atomic E-state index is -0.840. The first kappa shape index (κ1) is 16.9. The van der Waals surface area contributed by atoms with Crippen LogP contribution in [0.25, 0.3) is 5.57 Å². The number of carbonyl (C=O) groups is 1. The van der Waals surface area contributed by atoms with Gasteiger partial charge in [0.2, 0.25) is 0 Å². The molecule has 1 aromatic rings. The summed E-state index contributed by atoms with van der Waals surface area (Å²) >= 11 is 0.